The Hall–Kier alpha value is -2.59. The minimum absolute atomic E-state index is 0.101. The van der Waals surface area contributed by atoms with Crippen LogP contribution in [-0.4, -0.2) is 17.8 Å². The summed E-state index contributed by atoms with van der Waals surface area (Å²) in [4.78, 5) is 17.3. The fourth-order valence-corrected chi connectivity index (χ4v) is 2.80. The molecule has 0 bridgehead atoms. The van der Waals surface area contributed by atoms with E-state index >= 15 is 0 Å². The Kier molecular flexibility index (Phi) is 7.05. The van der Waals surface area contributed by atoms with Crippen molar-refractivity contribution in [2.75, 3.05) is 12.4 Å². The average Bonchev–Trinajstić information content (AvgIpc) is 2.64. The Morgan fingerprint density at radius 2 is 1.62 bits per heavy atom. The van der Waals surface area contributed by atoms with Crippen molar-refractivity contribution in [3.05, 3.63) is 84.7 Å². The third-order valence-corrected chi connectivity index (χ3v) is 4.18. The summed E-state index contributed by atoms with van der Waals surface area (Å²) in [6.45, 7) is 1.58. The van der Waals surface area contributed by atoms with Gasteiger partial charge in [0.2, 0.25) is 0 Å². The molecule has 0 spiro atoms. The van der Waals surface area contributed by atoms with E-state index in [1.807, 2.05) is 61.6 Å². The van der Waals surface area contributed by atoms with Crippen molar-refractivity contribution in [1.82, 2.24) is 4.98 Å². The lowest BCUT2D eigenvalue weighted by Gasteiger charge is -2.05. The Morgan fingerprint density at radius 3 is 2.12 bits per heavy atom. The molecule has 3 nitrogen and oxygen atoms in total. The molecule has 0 amide bonds. The zero-order valence-corrected chi connectivity index (χ0v) is 14.6. The summed E-state index contributed by atoms with van der Waals surface area (Å²) in [5.74, 6) is 0.101. The quantitative estimate of drug-likeness (QED) is 0.668. The van der Waals surface area contributed by atoms with Crippen LogP contribution in [0.1, 0.15) is 17.3 Å². The highest BCUT2D eigenvalue weighted by atomic mass is 32.2. The highest BCUT2D eigenvalue weighted by Gasteiger charge is 2.01. The second-order valence-corrected chi connectivity index (χ2v) is 6.13. The highest BCUT2D eigenvalue weighted by molar-refractivity contribution is 7.99. The molecule has 0 aliphatic heterocycles. The van der Waals surface area contributed by atoms with E-state index in [0.717, 1.165) is 16.1 Å². The first-order chi connectivity index (χ1) is 11.7. The van der Waals surface area contributed by atoms with Crippen molar-refractivity contribution in [3.63, 3.8) is 0 Å². The van der Waals surface area contributed by atoms with Gasteiger partial charge in [-0.05, 0) is 49.4 Å². The summed E-state index contributed by atoms with van der Waals surface area (Å²) in [5, 5.41) is 3.12. The van der Waals surface area contributed by atoms with Crippen LogP contribution in [0.2, 0.25) is 0 Å². The number of carbonyl (C=O) groups is 1. The van der Waals surface area contributed by atoms with E-state index in [1.54, 1.807) is 31.1 Å². The molecule has 3 rings (SSSR count). The first-order valence-electron chi connectivity index (χ1n) is 7.60. The minimum Gasteiger partial charge on any atom is -0.388 e. The van der Waals surface area contributed by atoms with Crippen molar-refractivity contribution in [3.8, 4) is 0 Å². The summed E-state index contributed by atoms with van der Waals surface area (Å²) < 4.78 is 0. The molecule has 1 heterocycles. The van der Waals surface area contributed by atoms with E-state index in [1.165, 1.54) is 4.90 Å². The van der Waals surface area contributed by atoms with Crippen molar-refractivity contribution in [2.24, 2.45) is 0 Å². The van der Waals surface area contributed by atoms with Crippen LogP contribution in [0.3, 0.4) is 0 Å². The molecule has 0 atom stereocenters. The van der Waals surface area contributed by atoms with Crippen LogP contribution in [-0.2, 0) is 0 Å². The van der Waals surface area contributed by atoms with Crippen LogP contribution in [0.4, 0.5) is 5.69 Å². The van der Waals surface area contributed by atoms with E-state index in [4.69, 9.17) is 0 Å². The average molecular weight is 336 g/mol. The summed E-state index contributed by atoms with van der Waals surface area (Å²) in [5.41, 5.74) is 1.85. The molecule has 2 aromatic carbocycles. The molecule has 0 aliphatic rings. The van der Waals surface area contributed by atoms with Gasteiger partial charge in [0.25, 0.3) is 0 Å². The summed E-state index contributed by atoms with van der Waals surface area (Å²) in [7, 11) is 1.91. The second kappa shape index (κ2) is 9.53. The Balaban J connectivity index is 0.000000292. The van der Waals surface area contributed by atoms with Gasteiger partial charge in [-0.1, -0.05) is 36.0 Å². The molecule has 3 aromatic rings. The molecule has 24 heavy (non-hydrogen) atoms. The van der Waals surface area contributed by atoms with Crippen molar-refractivity contribution in [2.45, 2.75) is 16.7 Å². The molecule has 0 fully saturated rings. The van der Waals surface area contributed by atoms with Crippen LogP contribution in [0, 0.1) is 0 Å². The number of Topliss-reactive ketones (excluding diaryl/α,β-unsaturated/α-hetero) is 1. The van der Waals surface area contributed by atoms with Crippen LogP contribution in [0.25, 0.3) is 0 Å². The normalized spacial score (nSPS) is 9.58. The lowest BCUT2D eigenvalue weighted by molar-refractivity contribution is 0.101. The molecular weight excluding hydrogens is 316 g/mol. The van der Waals surface area contributed by atoms with Gasteiger partial charge in [0.15, 0.2) is 5.78 Å². The Bertz CT molecular complexity index is 731. The number of nitrogens with one attached hydrogen (secondary N) is 1. The van der Waals surface area contributed by atoms with Gasteiger partial charge in [-0.3, -0.25) is 9.78 Å². The SMILES string of the molecule is CNc1cccc(Sc2ccc(C(C)=O)cc2)c1.c1ccncc1. The van der Waals surface area contributed by atoms with Crippen LogP contribution in [0.5, 0.6) is 0 Å². The lowest BCUT2D eigenvalue weighted by atomic mass is 10.2. The maximum Gasteiger partial charge on any atom is 0.159 e. The van der Waals surface area contributed by atoms with Gasteiger partial charge in [-0.25, -0.2) is 0 Å². The molecule has 0 aliphatic carbocycles. The summed E-state index contributed by atoms with van der Waals surface area (Å²) in [6.07, 6.45) is 3.50. The molecule has 0 saturated heterocycles. The van der Waals surface area contributed by atoms with Crippen molar-refractivity contribution >= 4 is 23.2 Å². The maximum atomic E-state index is 11.2. The second-order valence-electron chi connectivity index (χ2n) is 4.99. The van der Waals surface area contributed by atoms with E-state index in [9.17, 15) is 4.79 Å². The predicted octanol–water partition coefficient (Wildman–Crippen LogP) is 5.16. The monoisotopic (exact) mass is 336 g/mol. The van der Waals surface area contributed by atoms with Crippen molar-refractivity contribution < 1.29 is 4.79 Å². The number of anilines is 1. The number of aromatic nitrogens is 1. The number of pyridine rings is 1. The van der Waals surface area contributed by atoms with Crippen LogP contribution < -0.4 is 5.32 Å². The molecule has 0 radical (unpaired) electrons. The van der Waals surface area contributed by atoms with Gasteiger partial charge in [0.05, 0.1) is 0 Å². The number of hydrogen-bond donors (Lipinski definition) is 1. The van der Waals surface area contributed by atoms with Crippen molar-refractivity contribution in [1.29, 1.82) is 0 Å². The van der Waals surface area contributed by atoms with Gasteiger partial charge in [-0.15, -0.1) is 0 Å². The van der Waals surface area contributed by atoms with E-state index in [-0.39, 0.29) is 5.78 Å². The van der Waals surface area contributed by atoms with Gasteiger partial charge in [0, 0.05) is 40.5 Å². The molecule has 0 saturated carbocycles. The molecule has 1 N–H and O–H groups in total. The number of rotatable bonds is 4. The Labute approximate surface area is 147 Å². The number of ketones is 1. The predicted molar refractivity (Wildman–Crippen MR) is 101 cm³/mol. The van der Waals surface area contributed by atoms with Gasteiger partial charge in [-0.2, -0.15) is 0 Å². The van der Waals surface area contributed by atoms with Gasteiger partial charge in [0.1, 0.15) is 0 Å². The summed E-state index contributed by atoms with van der Waals surface area (Å²) in [6, 6.07) is 21.6. The molecular formula is C20H20N2OS. The van der Waals surface area contributed by atoms with E-state index in [0.29, 0.717) is 0 Å². The molecule has 4 heteroatoms. The first-order valence-corrected chi connectivity index (χ1v) is 8.42. The minimum atomic E-state index is 0.101. The summed E-state index contributed by atoms with van der Waals surface area (Å²) >= 11 is 1.69. The molecule has 1 aromatic heterocycles. The highest BCUT2D eigenvalue weighted by Crippen LogP contribution is 2.29. The largest absolute Gasteiger partial charge is 0.388 e. The number of benzene rings is 2. The number of nitrogens with zero attached hydrogens (tertiary/aromatic N) is 1. The number of hydrogen-bond acceptors (Lipinski definition) is 4. The lowest BCUT2D eigenvalue weighted by Crippen LogP contribution is -1.90. The third-order valence-electron chi connectivity index (χ3n) is 3.19. The molecule has 0 unspecified atom stereocenters. The van der Waals surface area contributed by atoms with Gasteiger partial charge >= 0.3 is 0 Å². The standard InChI is InChI=1S/C15H15NOS.C5H5N/c1-11(17)12-6-8-14(9-7-12)18-15-5-3-4-13(10-15)16-2;1-2-4-6-5-3-1/h3-10,16H,1-2H3;1-5H. The van der Waals surface area contributed by atoms with Gasteiger partial charge < -0.3 is 5.32 Å². The Morgan fingerprint density at radius 1 is 0.917 bits per heavy atom. The zero-order valence-electron chi connectivity index (χ0n) is 13.8. The first kappa shape index (κ1) is 17.8. The maximum absolute atomic E-state index is 11.2. The zero-order chi connectivity index (χ0) is 17.2. The fraction of sp³-hybridized carbons (Fsp3) is 0.100. The smallest absolute Gasteiger partial charge is 0.159 e. The van der Waals surface area contributed by atoms with Crippen LogP contribution >= 0.6 is 11.8 Å². The molecule has 122 valence electrons. The van der Waals surface area contributed by atoms with E-state index in [2.05, 4.69) is 22.4 Å². The number of carbonyl (C=O) groups excluding carboxylic acids is 1. The topological polar surface area (TPSA) is 42.0 Å². The fourth-order valence-electron chi connectivity index (χ4n) is 1.92. The van der Waals surface area contributed by atoms with E-state index < -0.39 is 0 Å². The third kappa shape index (κ3) is 5.89. The van der Waals surface area contributed by atoms with Crippen LogP contribution in [0.15, 0.2) is 88.9 Å².